The molecule has 1 aliphatic rings. The summed E-state index contributed by atoms with van der Waals surface area (Å²) in [6.07, 6.45) is 5.58. The molecule has 0 bridgehead atoms. The van der Waals surface area contributed by atoms with E-state index in [1.807, 2.05) is 42.6 Å². The molecule has 26 heavy (non-hydrogen) atoms. The molecule has 0 radical (unpaired) electrons. The van der Waals surface area contributed by atoms with E-state index in [0.29, 0.717) is 17.9 Å². The molecule has 1 saturated heterocycles. The van der Waals surface area contributed by atoms with Crippen molar-refractivity contribution in [2.45, 2.75) is 38.8 Å². The monoisotopic (exact) mass is 353 g/mol. The van der Waals surface area contributed by atoms with Gasteiger partial charge in [-0.05, 0) is 38.8 Å². The number of nitrogens with zero attached hydrogens (tertiary/aromatic N) is 3. The fourth-order valence-corrected chi connectivity index (χ4v) is 3.46. The van der Waals surface area contributed by atoms with Gasteiger partial charge in [-0.3, -0.25) is 4.79 Å². The van der Waals surface area contributed by atoms with Gasteiger partial charge in [0.15, 0.2) is 5.65 Å². The second-order valence-electron chi connectivity index (χ2n) is 6.90. The Bertz CT molecular complexity index is 944. The predicted octanol–water partition coefficient (Wildman–Crippen LogP) is 2.61. The van der Waals surface area contributed by atoms with Gasteiger partial charge in [0, 0.05) is 25.4 Å². The third-order valence-electron chi connectivity index (χ3n) is 4.59. The lowest BCUT2D eigenvalue weighted by Gasteiger charge is -2.12. The number of carbonyl (C=O) groups excluding carboxylic acids is 1. The van der Waals surface area contributed by atoms with Crippen LogP contribution in [0.5, 0.6) is 0 Å². The van der Waals surface area contributed by atoms with Crippen molar-refractivity contribution < 1.29 is 9.53 Å². The van der Waals surface area contributed by atoms with Crippen molar-refractivity contribution in [1.82, 2.24) is 19.7 Å². The summed E-state index contributed by atoms with van der Waals surface area (Å²) in [6.45, 7) is 5.38. The van der Waals surface area contributed by atoms with Crippen LogP contribution >= 0.6 is 0 Å². The van der Waals surface area contributed by atoms with Crippen LogP contribution in [0.15, 0.2) is 30.7 Å². The Balaban J connectivity index is 1.80. The minimum atomic E-state index is -0.124. The Hall–Kier alpha value is -2.67. The van der Waals surface area contributed by atoms with Crippen molar-refractivity contribution in [2.24, 2.45) is 0 Å². The highest BCUT2D eigenvalue weighted by Gasteiger charge is 2.24. The number of fused-ring (bicyclic) bond motifs is 3. The molecule has 4 rings (SSSR count). The highest BCUT2D eigenvalue weighted by Crippen LogP contribution is 2.30. The molecular weight excluding hydrogens is 330 g/mol. The molecule has 0 aromatic carbocycles. The van der Waals surface area contributed by atoms with E-state index in [-0.39, 0.29) is 18.1 Å². The number of anilines is 1. The van der Waals surface area contributed by atoms with Gasteiger partial charge in [-0.15, -0.1) is 0 Å². The fraction of sp³-hybridized carbons (Fsp3) is 0.421. The summed E-state index contributed by atoms with van der Waals surface area (Å²) in [4.78, 5) is 21.9. The van der Waals surface area contributed by atoms with Crippen LogP contribution in [0.1, 0.15) is 37.0 Å². The van der Waals surface area contributed by atoms with Gasteiger partial charge < -0.3 is 19.8 Å². The van der Waals surface area contributed by atoms with Gasteiger partial charge in [-0.2, -0.15) is 0 Å². The Kier molecular flexibility index (Phi) is 4.46. The zero-order valence-electron chi connectivity index (χ0n) is 15.0. The highest BCUT2D eigenvalue weighted by atomic mass is 16.5. The Morgan fingerprint density at radius 3 is 3.04 bits per heavy atom. The van der Waals surface area contributed by atoms with Crippen LogP contribution in [0.2, 0.25) is 0 Å². The number of aromatic nitrogens is 3. The summed E-state index contributed by atoms with van der Waals surface area (Å²) in [6, 6.07) is 5.98. The van der Waals surface area contributed by atoms with Crippen molar-refractivity contribution in [3.05, 3.63) is 36.3 Å². The maximum atomic E-state index is 13.1. The molecule has 0 saturated carbocycles. The third kappa shape index (κ3) is 2.99. The van der Waals surface area contributed by atoms with Gasteiger partial charge in [0.1, 0.15) is 12.1 Å². The summed E-state index contributed by atoms with van der Waals surface area (Å²) in [5.41, 5.74) is 2.14. The average molecular weight is 353 g/mol. The minimum Gasteiger partial charge on any atom is -0.376 e. The lowest BCUT2D eigenvalue weighted by molar-refractivity contribution is 0.0860. The number of ether oxygens (including phenoxy) is 1. The Morgan fingerprint density at radius 1 is 1.38 bits per heavy atom. The molecule has 3 aromatic rings. The minimum absolute atomic E-state index is 0.101. The van der Waals surface area contributed by atoms with Crippen molar-refractivity contribution in [3.63, 3.8) is 0 Å². The first kappa shape index (κ1) is 16.8. The van der Waals surface area contributed by atoms with Crippen LogP contribution in [-0.2, 0) is 4.74 Å². The summed E-state index contributed by atoms with van der Waals surface area (Å²) < 4.78 is 7.55. The normalized spacial score (nSPS) is 17.3. The van der Waals surface area contributed by atoms with E-state index in [2.05, 4.69) is 20.6 Å². The molecule has 1 amide bonds. The van der Waals surface area contributed by atoms with Crippen LogP contribution < -0.4 is 10.6 Å². The van der Waals surface area contributed by atoms with Crippen LogP contribution in [0.25, 0.3) is 16.6 Å². The molecule has 136 valence electrons. The van der Waals surface area contributed by atoms with Crippen LogP contribution in [0, 0.1) is 0 Å². The second kappa shape index (κ2) is 6.92. The topological polar surface area (TPSA) is 80.5 Å². The maximum absolute atomic E-state index is 13.1. The van der Waals surface area contributed by atoms with E-state index >= 15 is 0 Å². The first-order valence-electron chi connectivity index (χ1n) is 9.05. The molecule has 1 fully saturated rings. The van der Waals surface area contributed by atoms with E-state index in [1.54, 1.807) is 0 Å². The van der Waals surface area contributed by atoms with Crippen molar-refractivity contribution in [2.75, 3.05) is 18.5 Å². The average Bonchev–Trinajstić information content (AvgIpc) is 3.26. The Morgan fingerprint density at radius 2 is 2.27 bits per heavy atom. The number of hydrogen-bond donors (Lipinski definition) is 2. The molecule has 1 atom stereocenters. The first-order valence-corrected chi connectivity index (χ1v) is 9.05. The molecule has 2 N–H and O–H groups in total. The van der Waals surface area contributed by atoms with Gasteiger partial charge in [0.2, 0.25) is 0 Å². The summed E-state index contributed by atoms with van der Waals surface area (Å²) in [5.74, 6) is 0.553. The number of rotatable bonds is 5. The van der Waals surface area contributed by atoms with Crippen LogP contribution in [-0.4, -0.2) is 45.6 Å². The Labute approximate surface area is 151 Å². The SMILES string of the molecule is CC(C)Nc1ncnc2c1c(C(=O)NC[C@@H]1CCCO1)c1ccccn12. The first-order chi connectivity index (χ1) is 12.6. The van der Waals surface area contributed by atoms with E-state index < -0.39 is 0 Å². The third-order valence-corrected chi connectivity index (χ3v) is 4.59. The van der Waals surface area contributed by atoms with E-state index in [1.165, 1.54) is 6.33 Å². The van der Waals surface area contributed by atoms with E-state index in [4.69, 9.17) is 4.74 Å². The molecule has 7 heteroatoms. The lowest BCUT2D eigenvalue weighted by Crippen LogP contribution is -2.31. The lowest BCUT2D eigenvalue weighted by atomic mass is 10.1. The van der Waals surface area contributed by atoms with Crippen molar-refractivity contribution in [1.29, 1.82) is 0 Å². The zero-order valence-corrected chi connectivity index (χ0v) is 15.0. The number of nitrogens with one attached hydrogen (secondary N) is 2. The molecule has 4 heterocycles. The van der Waals surface area contributed by atoms with Gasteiger partial charge in [0.25, 0.3) is 5.91 Å². The number of pyridine rings is 1. The van der Waals surface area contributed by atoms with Crippen LogP contribution in [0.3, 0.4) is 0 Å². The van der Waals surface area contributed by atoms with E-state index in [9.17, 15) is 4.79 Å². The molecule has 0 unspecified atom stereocenters. The van der Waals surface area contributed by atoms with Gasteiger partial charge in [-0.1, -0.05) is 6.07 Å². The summed E-state index contributed by atoms with van der Waals surface area (Å²) in [5, 5.41) is 7.11. The largest absolute Gasteiger partial charge is 0.376 e. The maximum Gasteiger partial charge on any atom is 0.254 e. The van der Waals surface area contributed by atoms with Gasteiger partial charge >= 0.3 is 0 Å². The number of amides is 1. The van der Waals surface area contributed by atoms with E-state index in [0.717, 1.165) is 36.0 Å². The second-order valence-corrected chi connectivity index (χ2v) is 6.90. The number of carbonyl (C=O) groups is 1. The van der Waals surface area contributed by atoms with Gasteiger partial charge in [-0.25, -0.2) is 9.97 Å². The smallest absolute Gasteiger partial charge is 0.254 e. The molecule has 7 nitrogen and oxygen atoms in total. The molecular formula is C19H23N5O2. The summed E-state index contributed by atoms with van der Waals surface area (Å²) >= 11 is 0. The number of hydrogen-bond acceptors (Lipinski definition) is 5. The van der Waals surface area contributed by atoms with Crippen molar-refractivity contribution >= 4 is 28.3 Å². The van der Waals surface area contributed by atoms with Gasteiger partial charge in [0.05, 0.1) is 22.6 Å². The fourth-order valence-electron chi connectivity index (χ4n) is 3.46. The van der Waals surface area contributed by atoms with Crippen molar-refractivity contribution in [3.8, 4) is 0 Å². The molecule has 0 aliphatic carbocycles. The molecule has 1 aliphatic heterocycles. The summed E-state index contributed by atoms with van der Waals surface area (Å²) in [7, 11) is 0. The quantitative estimate of drug-likeness (QED) is 0.737. The van der Waals surface area contributed by atoms with Crippen LogP contribution in [0.4, 0.5) is 5.82 Å². The standard InChI is InChI=1S/C19H23N5O2/c1-12(2)23-17-16-15(19(25)20-10-13-6-5-9-26-13)14-7-3-4-8-24(14)18(16)22-11-21-17/h3-4,7-8,11-13H,5-6,9-10H2,1-2H3,(H,20,25)(H,21,22,23)/t13-/m0/s1. The zero-order chi connectivity index (χ0) is 18.1. The predicted molar refractivity (Wildman–Crippen MR) is 101 cm³/mol. The molecule has 3 aromatic heterocycles. The molecule has 0 spiro atoms. The highest BCUT2D eigenvalue weighted by molar-refractivity contribution is 6.16.